The predicted molar refractivity (Wildman–Crippen MR) is 157 cm³/mol. The molecule has 0 aliphatic heterocycles. The van der Waals surface area contributed by atoms with Crippen LogP contribution in [0.2, 0.25) is 5.02 Å². The maximum absolute atomic E-state index is 13.6. The van der Waals surface area contributed by atoms with E-state index in [2.05, 4.69) is 36.4 Å². The van der Waals surface area contributed by atoms with Crippen LogP contribution in [-0.2, 0) is 0 Å². The monoisotopic (exact) mass is 513 g/mol. The first-order valence-electron chi connectivity index (χ1n) is 12.8. The van der Waals surface area contributed by atoms with Crippen LogP contribution in [0, 0.1) is 0 Å². The van der Waals surface area contributed by atoms with Gasteiger partial charge in [-0.2, -0.15) is 0 Å². The lowest BCUT2D eigenvalue weighted by Gasteiger charge is -2.26. The molecule has 2 atom stereocenters. The normalized spacial score (nSPS) is 12.3. The van der Waals surface area contributed by atoms with E-state index in [-0.39, 0.29) is 17.7 Å². The van der Waals surface area contributed by atoms with Gasteiger partial charge in [0.25, 0.3) is 0 Å². The molecule has 3 heteroatoms. The molecule has 0 saturated carbocycles. The Hall–Kier alpha value is -4.27. The molecule has 0 N–H and O–H groups in total. The predicted octanol–water partition coefficient (Wildman–Crippen LogP) is 8.98. The van der Waals surface area contributed by atoms with Gasteiger partial charge >= 0.3 is 0 Å². The highest BCUT2D eigenvalue weighted by Crippen LogP contribution is 2.39. The van der Waals surface area contributed by atoms with Crippen molar-refractivity contribution >= 4 is 23.1 Å². The van der Waals surface area contributed by atoms with Crippen molar-refractivity contribution in [2.24, 2.45) is 4.99 Å². The molecule has 0 aliphatic carbocycles. The molecular formula is C35H28ClNO. The highest BCUT2D eigenvalue weighted by atomic mass is 35.5. The molecule has 0 fully saturated rings. The third-order valence-electron chi connectivity index (χ3n) is 6.68. The number of carbonyl (C=O) groups is 1. The van der Waals surface area contributed by atoms with Crippen molar-refractivity contribution in [1.82, 2.24) is 0 Å². The third kappa shape index (κ3) is 6.16. The first kappa shape index (κ1) is 25.4. The van der Waals surface area contributed by atoms with Gasteiger partial charge in [-0.15, -0.1) is 0 Å². The number of aliphatic imine (C=N–C) groups is 1. The molecule has 38 heavy (non-hydrogen) atoms. The van der Waals surface area contributed by atoms with Gasteiger partial charge in [0.2, 0.25) is 0 Å². The highest BCUT2D eigenvalue weighted by molar-refractivity contribution is 6.30. The van der Waals surface area contributed by atoms with Crippen LogP contribution in [0.15, 0.2) is 151 Å². The SMILES string of the molecule is O=C(CC(c1ccc(Cl)cc1)C(N=C(c1ccccc1)c1ccccc1)c1ccccc1)c1ccccc1. The van der Waals surface area contributed by atoms with Gasteiger partial charge in [0.15, 0.2) is 5.78 Å². The van der Waals surface area contributed by atoms with Gasteiger partial charge < -0.3 is 0 Å². The number of benzene rings is 5. The van der Waals surface area contributed by atoms with E-state index >= 15 is 0 Å². The van der Waals surface area contributed by atoms with Crippen molar-refractivity contribution in [2.75, 3.05) is 0 Å². The Morgan fingerprint density at radius 2 is 1.00 bits per heavy atom. The van der Waals surface area contributed by atoms with Gasteiger partial charge in [-0.3, -0.25) is 9.79 Å². The second-order valence-corrected chi connectivity index (χ2v) is 9.65. The summed E-state index contributed by atoms with van der Waals surface area (Å²) in [5.74, 6) is -0.118. The van der Waals surface area contributed by atoms with E-state index in [0.717, 1.165) is 28.0 Å². The van der Waals surface area contributed by atoms with Crippen LogP contribution in [0.3, 0.4) is 0 Å². The summed E-state index contributed by atoms with van der Waals surface area (Å²) in [6.45, 7) is 0. The lowest BCUT2D eigenvalue weighted by molar-refractivity contribution is 0.0969. The Labute approximate surface area is 229 Å². The quantitative estimate of drug-likeness (QED) is 0.143. The van der Waals surface area contributed by atoms with Crippen LogP contribution < -0.4 is 0 Å². The number of hydrogen-bond acceptors (Lipinski definition) is 2. The molecule has 0 saturated heterocycles. The van der Waals surface area contributed by atoms with Gasteiger partial charge in [0, 0.05) is 34.1 Å². The number of nitrogens with zero attached hydrogens (tertiary/aromatic N) is 1. The first-order valence-corrected chi connectivity index (χ1v) is 13.1. The molecule has 186 valence electrons. The second-order valence-electron chi connectivity index (χ2n) is 9.22. The summed E-state index contributed by atoms with van der Waals surface area (Å²) < 4.78 is 0. The lowest BCUT2D eigenvalue weighted by Crippen LogP contribution is -2.17. The van der Waals surface area contributed by atoms with Crippen LogP contribution in [0.5, 0.6) is 0 Å². The van der Waals surface area contributed by atoms with E-state index < -0.39 is 0 Å². The number of carbonyl (C=O) groups excluding carboxylic acids is 1. The van der Waals surface area contributed by atoms with Crippen molar-refractivity contribution in [2.45, 2.75) is 18.4 Å². The van der Waals surface area contributed by atoms with E-state index in [1.807, 2.05) is 109 Å². The molecule has 0 heterocycles. The summed E-state index contributed by atoms with van der Waals surface area (Å²) in [5, 5.41) is 0.663. The maximum atomic E-state index is 13.6. The Morgan fingerprint density at radius 1 is 0.553 bits per heavy atom. The van der Waals surface area contributed by atoms with E-state index in [4.69, 9.17) is 16.6 Å². The van der Waals surface area contributed by atoms with Crippen molar-refractivity contribution in [1.29, 1.82) is 0 Å². The lowest BCUT2D eigenvalue weighted by atomic mass is 9.82. The Bertz CT molecular complexity index is 1440. The van der Waals surface area contributed by atoms with E-state index in [0.29, 0.717) is 17.0 Å². The Kier molecular flexibility index (Phi) is 8.23. The van der Waals surface area contributed by atoms with Gasteiger partial charge in [-0.1, -0.05) is 145 Å². The van der Waals surface area contributed by atoms with Crippen molar-refractivity contribution < 1.29 is 4.79 Å². The van der Waals surface area contributed by atoms with Gasteiger partial charge in [-0.05, 0) is 23.3 Å². The molecular weight excluding hydrogens is 486 g/mol. The molecule has 5 rings (SSSR count). The molecule has 5 aromatic carbocycles. The van der Waals surface area contributed by atoms with E-state index in [9.17, 15) is 4.79 Å². The van der Waals surface area contributed by atoms with Crippen molar-refractivity contribution in [3.63, 3.8) is 0 Å². The minimum Gasteiger partial charge on any atom is -0.294 e. The number of ketones is 1. The zero-order chi connectivity index (χ0) is 26.2. The molecule has 0 amide bonds. The topological polar surface area (TPSA) is 29.4 Å². The second kappa shape index (κ2) is 12.3. The van der Waals surface area contributed by atoms with Crippen LogP contribution in [-0.4, -0.2) is 11.5 Å². The first-order chi connectivity index (χ1) is 18.7. The van der Waals surface area contributed by atoms with E-state index in [1.54, 1.807) is 0 Å². The summed E-state index contributed by atoms with van der Waals surface area (Å²) in [6.07, 6.45) is 0.311. The van der Waals surface area contributed by atoms with Crippen LogP contribution >= 0.6 is 11.6 Å². The zero-order valence-corrected chi connectivity index (χ0v) is 21.7. The van der Waals surface area contributed by atoms with Crippen molar-refractivity contribution in [3.8, 4) is 0 Å². The zero-order valence-electron chi connectivity index (χ0n) is 21.0. The average molecular weight is 514 g/mol. The van der Waals surface area contributed by atoms with Gasteiger partial charge in [0.1, 0.15) is 0 Å². The summed E-state index contributed by atoms with van der Waals surface area (Å²) in [7, 11) is 0. The van der Waals surface area contributed by atoms with E-state index in [1.165, 1.54) is 0 Å². The fraction of sp³-hybridized carbons (Fsp3) is 0.0857. The molecule has 0 aromatic heterocycles. The molecule has 0 spiro atoms. The minimum atomic E-state index is -0.305. The number of hydrogen-bond donors (Lipinski definition) is 0. The number of Topliss-reactive ketones (excluding diaryl/α,β-unsaturated/α-hetero) is 1. The fourth-order valence-electron chi connectivity index (χ4n) is 4.76. The molecule has 0 radical (unpaired) electrons. The molecule has 2 nitrogen and oxygen atoms in total. The largest absolute Gasteiger partial charge is 0.294 e. The van der Waals surface area contributed by atoms with Crippen molar-refractivity contribution in [3.05, 3.63) is 178 Å². The van der Waals surface area contributed by atoms with Gasteiger partial charge in [-0.25, -0.2) is 0 Å². The highest BCUT2D eigenvalue weighted by Gasteiger charge is 2.28. The van der Waals surface area contributed by atoms with Gasteiger partial charge in [0.05, 0.1) is 11.8 Å². The summed E-state index contributed by atoms with van der Waals surface area (Å²) in [5.41, 5.74) is 5.74. The Morgan fingerprint density at radius 3 is 1.50 bits per heavy atom. The number of halogens is 1. The van der Waals surface area contributed by atoms with Crippen LogP contribution in [0.25, 0.3) is 0 Å². The maximum Gasteiger partial charge on any atom is 0.163 e. The summed E-state index contributed by atoms with van der Waals surface area (Å²) in [6, 6.07) is 47.7. The number of rotatable bonds is 9. The average Bonchev–Trinajstić information content (AvgIpc) is 2.99. The minimum absolute atomic E-state index is 0.0858. The summed E-state index contributed by atoms with van der Waals surface area (Å²) in [4.78, 5) is 19.0. The molecule has 0 aliphatic rings. The molecule has 0 bridgehead atoms. The standard InChI is InChI=1S/C35H28ClNO/c36-31-23-21-26(22-24-31)32(25-33(38)27-13-5-1-6-14-27)35(30-19-11-4-12-20-30)37-34(28-15-7-2-8-16-28)29-17-9-3-10-18-29/h1-24,32,35H,25H2. The fourth-order valence-corrected chi connectivity index (χ4v) is 4.88. The summed E-state index contributed by atoms with van der Waals surface area (Å²) >= 11 is 6.26. The Balaban J connectivity index is 1.69. The molecule has 5 aromatic rings. The smallest absolute Gasteiger partial charge is 0.163 e. The van der Waals surface area contributed by atoms with Crippen LogP contribution in [0.4, 0.5) is 0 Å². The third-order valence-corrected chi connectivity index (χ3v) is 6.94. The van der Waals surface area contributed by atoms with Crippen LogP contribution in [0.1, 0.15) is 51.0 Å². The molecule has 2 unspecified atom stereocenters.